The SMILES string of the molecule is O=c1c2c3c(sc2ncn1-c1ccccc1)CCCCC3. The summed E-state index contributed by atoms with van der Waals surface area (Å²) in [6.45, 7) is 0. The summed E-state index contributed by atoms with van der Waals surface area (Å²) in [6.07, 6.45) is 7.45. The van der Waals surface area contributed by atoms with E-state index in [0.717, 1.165) is 28.7 Å². The summed E-state index contributed by atoms with van der Waals surface area (Å²) < 4.78 is 1.67. The van der Waals surface area contributed by atoms with Crippen molar-refractivity contribution < 1.29 is 0 Å². The van der Waals surface area contributed by atoms with E-state index in [-0.39, 0.29) is 5.56 Å². The summed E-state index contributed by atoms with van der Waals surface area (Å²) >= 11 is 1.71. The first kappa shape index (κ1) is 12.8. The first-order valence-corrected chi connectivity index (χ1v) is 8.23. The van der Waals surface area contributed by atoms with Gasteiger partial charge in [-0.05, 0) is 43.4 Å². The first-order valence-electron chi connectivity index (χ1n) is 7.42. The summed E-state index contributed by atoms with van der Waals surface area (Å²) in [7, 11) is 0. The zero-order chi connectivity index (χ0) is 14.2. The second-order valence-corrected chi connectivity index (χ2v) is 6.58. The van der Waals surface area contributed by atoms with Crippen LogP contribution < -0.4 is 5.56 Å². The van der Waals surface area contributed by atoms with E-state index in [0.29, 0.717) is 0 Å². The molecule has 3 aromatic rings. The lowest BCUT2D eigenvalue weighted by Gasteiger charge is -2.05. The fraction of sp³-hybridized carbons (Fsp3) is 0.294. The van der Waals surface area contributed by atoms with Gasteiger partial charge < -0.3 is 0 Å². The monoisotopic (exact) mass is 296 g/mol. The highest BCUT2D eigenvalue weighted by Crippen LogP contribution is 2.32. The maximum Gasteiger partial charge on any atom is 0.266 e. The Bertz CT molecular complexity index is 848. The van der Waals surface area contributed by atoms with Crippen molar-refractivity contribution in [2.75, 3.05) is 0 Å². The fourth-order valence-electron chi connectivity index (χ4n) is 3.10. The Morgan fingerprint density at radius 1 is 1.05 bits per heavy atom. The Hall–Kier alpha value is -1.94. The molecule has 4 rings (SSSR count). The van der Waals surface area contributed by atoms with Crippen LogP contribution >= 0.6 is 11.3 Å². The summed E-state index contributed by atoms with van der Waals surface area (Å²) in [6, 6.07) is 9.73. The number of aromatic nitrogens is 2. The molecule has 1 aliphatic rings. The zero-order valence-electron chi connectivity index (χ0n) is 11.7. The highest BCUT2D eigenvalue weighted by molar-refractivity contribution is 7.18. The van der Waals surface area contributed by atoms with E-state index in [1.807, 2.05) is 30.3 Å². The van der Waals surface area contributed by atoms with Gasteiger partial charge in [0.2, 0.25) is 0 Å². The van der Waals surface area contributed by atoms with Crippen LogP contribution in [-0.4, -0.2) is 9.55 Å². The van der Waals surface area contributed by atoms with Crippen molar-refractivity contribution in [3.8, 4) is 5.69 Å². The van der Waals surface area contributed by atoms with Crippen LogP contribution in [0.2, 0.25) is 0 Å². The number of rotatable bonds is 1. The van der Waals surface area contributed by atoms with Crippen LogP contribution in [0.5, 0.6) is 0 Å². The minimum atomic E-state index is 0.0746. The summed E-state index contributed by atoms with van der Waals surface area (Å²) in [5.74, 6) is 0. The van der Waals surface area contributed by atoms with Crippen molar-refractivity contribution in [3.63, 3.8) is 0 Å². The standard InChI is InChI=1S/C17H16N2OS/c20-17-15-13-9-5-2-6-10-14(13)21-16(15)18-11-19(17)12-7-3-1-4-8-12/h1,3-4,7-8,11H,2,5-6,9-10H2. The molecule has 0 bridgehead atoms. The Morgan fingerprint density at radius 2 is 1.86 bits per heavy atom. The Balaban J connectivity index is 1.98. The third kappa shape index (κ3) is 2.10. The van der Waals surface area contributed by atoms with Crippen molar-refractivity contribution in [1.29, 1.82) is 0 Å². The molecule has 1 aromatic carbocycles. The van der Waals surface area contributed by atoms with Crippen LogP contribution in [0.3, 0.4) is 0 Å². The molecule has 2 aromatic heterocycles. The lowest BCUT2D eigenvalue weighted by molar-refractivity contribution is 0.713. The quantitative estimate of drug-likeness (QED) is 0.642. The Kier molecular flexibility index (Phi) is 3.11. The number of hydrogen-bond acceptors (Lipinski definition) is 3. The van der Waals surface area contributed by atoms with Gasteiger partial charge in [-0.25, -0.2) is 4.98 Å². The van der Waals surface area contributed by atoms with Crippen molar-refractivity contribution in [2.24, 2.45) is 0 Å². The number of fused-ring (bicyclic) bond motifs is 3. The van der Waals surface area contributed by atoms with E-state index in [2.05, 4.69) is 4.98 Å². The average Bonchev–Trinajstić information content (AvgIpc) is 2.71. The molecule has 0 unspecified atom stereocenters. The van der Waals surface area contributed by atoms with Gasteiger partial charge in [-0.1, -0.05) is 24.6 Å². The first-order chi connectivity index (χ1) is 10.3. The van der Waals surface area contributed by atoms with E-state index in [1.54, 1.807) is 22.2 Å². The lowest BCUT2D eigenvalue weighted by atomic mass is 10.1. The number of para-hydroxylation sites is 1. The topological polar surface area (TPSA) is 34.9 Å². The molecular weight excluding hydrogens is 280 g/mol. The molecule has 0 radical (unpaired) electrons. The van der Waals surface area contributed by atoms with Crippen molar-refractivity contribution in [2.45, 2.75) is 32.1 Å². The summed E-state index contributed by atoms with van der Waals surface area (Å²) in [5, 5.41) is 0.850. The number of nitrogens with zero attached hydrogens (tertiary/aromatic N) is 2. The van der Waals surface area contributed by atoms with Crippen molar-refractivity contribution in [3.05, 3.63) is 57.5 Å². The van der Waals surface area contributed by atoms with E-state index in [1.165, 1.54) is 29.7 Å². The molecule has 0 spiro atoms. The van der Waals surface area contributed by atoms with E-state index < -0.39 is 0 Å². The number of benzene rings is 1. The molecule has 0 saturated carbocycles. The molecule has 0 N–H and O–H groups in total. The van der Waals surface area contributed by atoms with Crippen LogP contribution in [0, 0.1) is 0 Å². The molecule has 21 heavy (non-hydrogen) atoms. The van der Waals surface area contributed by atoms with Gasteiger partial charge in [0.25, 0.3) is 5.56 Å². The van der Waals surface area contributed by atoms with Crippen LogP contribution in [0.25, 0.3) is 15.9 Å². The minimum absolute atomic E-state index is 0.0746. The Morgan fingerprint density at radius 3 is 2.71 bits per heavy atom. The Labute approximate surface area is 126 Å². The van der Waals surface area contributed by atoms with Crippen molar-refractivity contribution >= 4 is 21.6 Å². The normalized spacial score (nSPS) is 14.9. The van der Waals surface area contributed by atoms with Gasteiger partial charge in [0.05, 0.1) is 11.1 Å². The largest absolute Gasteiger partial charge is 0.268 e. The smallest absolute Gasteiger partial charge is 0.266 e. The second-order valence-electron chi connectivity index (χ2n) is 5.50. The third-order valence-corrected chi connectivity index (χ3v) is 5.36. The second kappa shape index (κ2) is 5.11. The number of aryl methyl sites for hydroxylation is 2. The lowest BCUT2D eigenvalue weighted by Crippen LogP contribution is -2.19. The highest BCUT2D eigenvalue weighted by atomic mass is 32.1. The molecule has 4 heteroatoms. The molecule has 2 heterocycles. The van der Waals surface area contributed by atoms with Crippen LogP contribution in [-0.2, 0) is 12.8 Å². The number of thiophene rings is 1. The van der Waals surface area contributed by atoms with Gasteiger partial charge >= 0.3 is 0 Å². The van der Waals surface area contributed by atoms with Gasteiger partial charge in [0.1, 0.15) is 11.2 Å². The average molecular weight is 296 g/mol. The minimum Gasteiger partial charge on any atom is -0.268 e. The molecule has 106 valence electrons. The van der Waals surface area contributed by atoms with Gasteiger partial charge in [0, 0.05) is 4.88 Å². The summed E-state index contributed by atoms with van der Waals surface area (Å²) in [4.78, 5) is 19.7. The van der Waals surface area contributed by atoms with Crippen LogP contribution in [0.1, 0.15) is 29.7 Å². The molecule has 1 aliphatic carbocycles. The molecule has 3 nitrogen and oxygen atoms in total. The molecule has 0 saturated heterocycles. The van der Waals surface area contributed by atoms with Gasteiger partial charge in [0.15, 0.2) is 0 Å². The maximum atomic E-state index is 12.9. The number of hydrogen-bond donors (Lipinski definition) is 0. The third-order valence-electron chi connectivity index (χ3n) is 4.16. The predicted molar refractivity (Wildman–Crippen MR) is 86.5 cm³/mol. The molecule has 0 fully saturated rings. The fourth-order valence-corrected chi connectivity index (χ4v) is 4.31. The molecule has 0 aliphatic heterocycles. The highest BCUT2D eigenvalue weighted by Gasteiger charge is 2.19. The van der Waals surface area contributed by atoms with Gasteiger partial charge in [-0.3, -0.25) is 9.36 Å². The van der Waals surface area contributed by atoms with Gasteiger partial charge in [-0.2, -0.15) is 0 Å². The van der Waals surface area contributed by atoms with E-state index in [4.69, 9.17) is 0 Å². The molecular formula is C17H16N2OS. The van der Waals surface area contributed by atoms with Crippen molar-refractivity contribution in [1.82, 2.24) is 9.55 Å². The zero-order valence-corrected chi connectivity index (χ0v) is 12.5. The van der Waals surface area contributed by atoms with Gasteiger partial charge in [-0.15, -0.1) is 11.3 Å². The molecule has 0 amide bonds. The maximum absolute atomic E-state index is 12.9. The van der Waals surface area contributed by atoms with E-state index >= 15 is 0 Å². The van der Waals surface area contributed by atoms with Crippen LogP contribution in [0.15, 0.2) is 41.5 Å². The summed E-state index contributed by atoms with van der Waals surface area (Å²) in [5.41, 5.74) is 2.21. The predicted octanol–water partition coefficient (Wildman–Crippen LogP) is 3.72. The molecule has 0 atom stereocenters. The van der Waals surface area contributed by atoms with Crippen LogP contribution in [0.4, 0.5) is 0 Å². The van der Waals surface area contributed by atoms with E-state index in [9.17, 15) is 4.79 Å².